The molecular weight excluding hydrogens is 346 g/mol. The Kier molecular flexibility index (Phi) is 7.88. The maximum Gasteiger partial charge on any atom is 0.361 e. The first kappa shape index (κ1) is 20.4. The highest BCUT2D eigenvalue weighted by molar-refractivity contribution is 6.83. The Morgan fingerprint density at radius 3 is 1.32 bits per heavy atom. The quantitative estimate of drug-likeness (QED) is 0.486. The van der Waals surface area contributed by atoms with Crippen LogP contribution in [0.25, 0.3) is 0 Å². The lowest BCUT2D eigenvalue weighted by Crippen LogP contribution is -2.50. The standard InChI is InChI=1S/C22H26B2N2O2/c25-14-16-27-23(19-8-3-1-4-9-19)21-12-7-13-22(18-21)24(28-17-15-26)20-10-5-2-6-11-20/h1-13,18H,14-17,25-26H2. The fourth-order valence-corrected chi connectivity index (χ4v) is 3.28. The van der Waals surface area contributed by atoms with Crippen LogP contribution in [0.1, 0.15) is 0 Å². The molecule has 0 aromatic heterocycles. The number of rotatable bonds is 10. The van der Waals surface area contributed by atoms with Crippen LogP contribution in [0, 0.1) is 0 Å². The van der Waals surface area contributed by atoms with E-state index in [1.54, 1.807) is 0 Å². The van der Waals surface area contributed by atoms with Crippen molar-refractivity contribution in [1.82, 2.24) is 0 Å². The molecule has 0 spiro atoms. The van der Waals surface area contributed by atoms with Crippen molar-refractivity contribution in [3.05, 3.63) is 84.9 Å². The van der Waals surface area contributed by atoms with Gasteiger partial charge in [-0.15, -0.1) is 0 Å². The minimum absolute atomic E-state index is 0.171. The van der Waals surface area contributed by atoms with Crippen molar-refractivity contribution in [2.75, 3.05) is 26.3 Å². The Morgan fingerprint density at radius 2 is 0.929 bits per heavy atom. The van der Waals surface area contributed by atoms with E-state index in [4.69, 9.17) is 20.8 Å². The smallest absolute Gasteiger partial charge is 0.361 e. The van der Waals surface area contributed by atoms with Crippen LogP contribution >= 0.6 is 0 Å². The predicted octanol–water partition coefficient (Wildman–Crippen LogP) is -0.151. The first-order chi connectivity index (χ1) is 13.8. The van der Waals surface area contributed by atoms with Gasteiger partial charge < -0.3 is 20.8 Å². The van der Waals surface area contributed by atoms with Gasteiger partial charge in [0.1, 0.15) is 0 Å². The van der Waals surface area contributed by atoms with Crippen LogP contribution in [0.3, 0.4) is 0 Å². The lowest BCUT2D eigenvalue weighted by molar-refractivity contribution is 0.344. The Hall–Kier alpha value is -2.37. The van der Waals surface area contributed by atoms with E-state index < -0.39 is 0 Å². The fraction of sp³-hybridized carbons (Fsp3) is 0.182. The van der Waals surface area contributed by atoms with Gasteiger partial charge in [0.15, 0.2) is 0 Å². The molecule has 0 atom stereocenters. The largest absolute Gasteiger partial charge is 0.426 e. The van der Waals surface area contributed by atoms with Crippen molar-refractivity contribution in [3.63, 3.8) is 0 Å². The molecule has 0 aliphatic carbocycles. The summed E-state index contributed by atoms with van der Waals surface area (Å²) in [4.78, 5) is 0. The molecule has 0 saturated heterocycles. The third-order valence-electron chi connectivity index (χ3n) is 4.53. The summed E-state index contributed by atoms with van der Waals surface area (Å²) in [6, 6.07) is 28.8. The zero-order valence-electron chi connectivity index (χ0n) is 16.0. The topological polar surface area (TPSA) is 70.5 Å². The van der Waals surface area contributed by atoms with Crippen LogP contribution < -0.4 is 33.3 Å². The summed E-state index contributed by atoms with van der Waals surface area (Å²) in [5.41, 5.74) is 15.7. The summed E-state index contributed by atoms with van der Waals surface area (Å²) >= 11 is 0. The van der Waals surface area contributed by atoms with Gasteiger partial charge in [-0.05, 0) is 21.9 Å². The van der Waals surface area contributed by atoms with Crippen molar-refractivity contribution in [2.45, 2.75) is 0 Å². The van der Waals surface area contributed by atoms with E-state index in [2.05, 4.69) is 42.5 Å². The Labute approximate surface area is 168 Å². The Balaban J connectivity index is 1.95. The van der Waals surface area contributed by atoms with Crippen LogP contribution in [0.15, 0.2) is 84.9 Å². The van der Waals surface area contributed by atoms with E-state index in [1.165, 1.54) is 0 Å². The highest BCUT2D eigenvalue weighted by Crippen LogP contribution is 1.98. The summed E-state index contributed by atoms with van der Waals surface area (Å²) in [5.74, 6) is 0. The molecule has 0 aliphatic heterocycles. The third kappa shape index (κ3) is 5.33. The third-order valence-corrected chi connectivity index (χ3v) is 4.53. The van der Waals surface area contributed by atoms with Gasteiger partial charge in [0.05, 0.1) is 0 Å². The van der Waals surface area contributed by atoms with E-state index in [-0.39, 0.29) is 13.8 Å². The lowest BCUT2D eigenvalue weighted by Gasteiger charge is -2.19. The molecule has 0 saturated carbocycles. The average Bonchev–Trinajstić information content (AvgIpc) is 2.76. The van der Waals surface area contributed by atoms with Crippen LogP contribution in [0.4, 0.5) is 0 Å². The van der Waals surface area contributed by atoms with Crippen molar-refractivity contribution >= 4 is 35.7 Å². The molecule has 4 nitrogen and oxygen atoms in total. The summed E-state index contributed by atoms with van der Waals surface area (Å²) in [6.07, 6.45) is 0. The summed E-state index contributed by atoms with van der Waals surface area (Å²) in [6.45, 7) is 1.61. The predicted molar refractivity (Wildman–Crippen MR) is 119 cm³/mol. The van der Waals surface area contributed by atoms with Gasteiger partial charge in [0.25, 0.3) is 0 Å². The van der Waals surface area contributed by atoms with E-state index in [9.17, 15) is 0 Å². The number of nitrogens with two attached hydrogens (primary N) is 2. The maximum atomic E-state index is 6.10. The van der Waals surface area contributed by atoms with Gasteiger partial charge in [-0.2, -0.15) is 0 Å². The normalized spacial score (nSPS) is 10.6. The van der Waals surface area contributed by atoms with Crippen LogP contribution in [0.2, 0.25) is 0 Å². The minimum atomic E-state index is -0.171. The second-order valence-corrected chi connectivity index (χ2v) is 6.57. The zero-order chi connectivity index (χ0) is 19.6. The van der Waals surface area contributed by atoms with Crippen molar-refractivity contribution in [1.29, 1.82) is 0 Å². The molecule has 0 bridgehead atoms. The van der Waals surface area contributed by atoms with Crippen molar-refractivity contribution < 1.29 is 9.31 Å². The molecule has 6 heteroatoms. The first-order valence-corrected chi connectivity index (χ1v) is 9.66. The zero-order valence-corrected chi connectivity index (χ0v) is 16.0. The molecule has 0 unspecified atom stereocenters. The summed E-state index contributed by atoms with van der Waals surface area (Å²) in [5, 5.41) is 0. The molecule has 0 aliphatic rings. The van der Waals surface area contributed by atoms with Crippen LogP contribution in [0.5, 0.6) is 0 Å². The van der Waals surface area contributed by atoms with E-state index in [1.807, 2.05) is 42.5 Å². The average molecular weight is 372 g/mol. The second kappa shape index (κ2) is 10.8. The van der Waals surface area contributed by atoms with Gasteiger partial charge in [-0.3, -0.25) is 0 Å². The van der Waals surface area contributed by atoms with Gasteiger partial charge in [-0.1, -0.05) is 84.9 Å². The van der Waals surface area contributed by atoms with E-state index in [0.717, 1.165) is 21.9 Å². The number of hydrogen-bond donors (Lipinski definition) is 2. The molecular formula is C22H26B2N2O2. The summed E-state index contributed by atoms with van der Waals surface area (Å²) in [7, 11) is 0. The Morgan fingerprint density at radius 1 is 0.536 bits per heavy atom. The fourth-order valence-electron chi connectivity index (χ4n) is 3.28. The maximum absolute atomic E-state index is 6.10. The van der Waals surface area contributed by atoms with Crippen LogP contribution in [-0.4, -0.2) is 40.1 Å². The van der Waals surface area contributed by atoms with Crippen LogP contribution in [-0.2, 0) is 9.31 Å². The monoisotopic (exact) mass is 372 g/mol. The van der Waals surface area contributed by atoms with E-state index in [0.29, 0.717) is 26.3 Å². The van der Waals surface area contributed by atoms with Crippen molar-refractivity contribution in [3.8, 4) is 0 Å². The number of benzene rings is 3. The molecule has 4 N–H and O–H groups in total. The molecule has 28 heavy (non-hydrogen) atoms. The molecule has 3 aromatic carbocycles. The molecule has 3 rings (SSSR count). The number of hydrogen-bond acceptors (Lipinski definition) is 4. The molecule has 142 valence electrons. The van der Waals surface area contributed by atoms with Gasteiger partial charge >= 0.3 is 13.8 Å². The van der Waals surface area contributed by atoms with Gasteiger partial charge in [0.2, 0.25) is 0 Å². The summed E-state index contributed by atoms with van der Waals surface area (Å²) < 4.78 is 12.2. The SMILES string of the molecule is NCCOB(c1ccccc1)c1cccc(B(OCCN)c2ccccc2)c1. The first-order valence-electron chi connectivity index (χ1n) is 9.66. The highest BCUT2D eigenvalue weighted by atomic mass is 16.4. The molecule has 3 aromatic rings. The minimum Gasteiger partial charge on any atom is -0.426 e. The van der Waals surface area contributed by atoms with Gasteiger partial charge in [-0.25, -0.2) is 0 Å². The Bertz CT molecular complexity index is 767. The molecule has 0 fully saturated rings. The second-order valence-electron chi connectivity index (χ2n) is 6.57. The molecule has 0 heterocycles. The molecule has 0 radical (unpaired) electrons. The van der Waals surface area contributed by atoms with Gasteiger partial charge in [0, 0.05) is 26.3 Å². The molecule has 0 amide bonds. The van der Waals surface area contributed by atoms with Crippen molar-refractivity contribution in [2.24, 2.45) is 11.5 Å². The lowest BCUT2D eigenvalue weighted by atomic mass is 9.51. The van der Waals surface area contributed by atoms with E-state index >= 15 is 0 Å². The highest BCUT2D eigenvalue weighted by Gasteiger charge is 2.25.